The number of hydrogen-bond acceptors (Lipinski definition) is 7. The second kappa shape index (κ2) is 7.44. The number of nitrogens with zero attached hydrogens (tertiary/aromatic N) is 3. The van der Waals surface area contributed by atoms with Gasteiger partial charge in [0.1, 0.15) is 10.7 Å². The maximum absolute atomic E-state index is 13.4. The van der Waals surface area contributed by atoms with Crippen molar-refractivity contribution in [3.63, 3.8) is 0 Å². The number of rotatable bonds is 5. The number of alkyl halides is 3. The van der Waals surface area contributed by atoms with Crippen molar-refractivity contribution < 1.29 is 27.9 Å². The van der Waals surface area contributed by atoms with E-state index in [4.69, 9.17) is 23.2 Å². The summed E-state index contributed by atoms with van der Waals surface area (Å²) in [6, 6.07) is 1.97. The minimum Gasteiger partial charge on any atom is -0.348 e. The topological polar surface area (TPSA) is 141 Å². The molecule has 0 amide bonds. The molecule has 0 fully saturated rings. The fourth-order valence-electron chi connectivity index (χ4n) is 2.12. The van der Waals surface area contributed by atoms with Crippen LogP contribution in [0, 0.1) is 30.3 Å². The third-order valence-electron chi connectivity index (χ3n) is 3.31. The molecule has 0 atom stereocenters. The smallest absolute Gasteiger partial charge is 0.348 e. The van der Waals surface area contributed by atoms with E-state index < -0.39 is 65.0 Å². The Morgan fingerprint density at radius 3 is 1.86 bits per heavy atom. The predicted molar refractivity (Wildman–Crippen MR) is 91.2 cm³/mol. The number of anilines is 2. The SMILES string of the molecule is O=[N+]([O-])c1cc([N+](=O)[O-])c(Nc2cc(Cl)c([N+](=O)[O-])cc2Cl)c(C(F)(F)F)c1. The average molecular weight is 441 g/mol. The van der Waals surface area contributed by atoms with Gasteiger partial charge in [-0.3, -0.25) is 30.3 Å². The van der Waals surface area contributed by atoms with Crippen molar-refractivity contribution >= 4 is 51.6 Å². The molecule has 148 valence electrons. The Kier molecular flexibility index (Phi) is 5.61. The molecule has 0 aliphatic heterocycles. The summed E-state index contributed by atoms with van der Waals surface area (Å²) in [7, 11) is 0. The van der Waals surface area contributed by atoms with Gasteiger partial charge in [0.25, 0.3) is 17.1 Å². The highest BCUT2D eigenvalue weighted by Gasteiger charge is 2.40. The Morgan fingerprint density at radius 2 is 1.39 bits per heavy atom. The number of halogens is 5. The van der Waals surface area contributed by atoms with Crippen LogP contribution in [0.2, 0.25) is 10.0 Å². The summed E-state index contributed by atoms with van der Waals surface area (Å²) in [5.41, 5.74) is -6.33. The van der Waals surface area contributed by atoms with Gasteiger partial charge in [0, 0.05) is 12.1 Å². The zero-order chi connectivity index (χ0) is 21.4. The maximum Gasteiger partial charge on any atom is 0.418 e. The molecule has 0 bridgehead atoms. The van der Waals surface area contributed by atoms with Crippen LogP contribution in [-0.2, 0) is 6.18 Å². The van der Waals surface area contributed by atoms with Crippen molar-refractivity contribution in [2.45, 2.75) is 6.18 Å². The van der Waals surface area contributed by atoms with E-state index in [0.717, 1.165) is 12.1 Å². The molecule has 0 aliphatic carbocycles. The fraction of sp³-hybridized carbons (Fsp3) is 0.0769. The molecule has 2 aromatic carbocycles. The van der Waals surface area contributed by atoms with Crippen LogP contribution in [0.3, 0.4) is 0 Å². The van der Waals surface area contributed by atoms with Crippen LogP contribution >= 0.6 is 23.2 Å². The summed E-state index contributed by atoms with van der Waals surface area (Å²) in [4.78, 5) is 29.4. The number of nitrogens with one attached hydrogen (secondary N) is 1. The third kappa shape index (κ3) is 4.20. The van der Waals surface area contributed by atoms with E-state index in [0.29, 0.717) is 6.07 Å². The highest BCUT2D eigenvalue weighted by Crippen LogP contribution is 2.45. The monoisotopic (exact) mass is 440 g/mol. The van der Waals surface area contributed by atoms with Crippen LogP contribution in [0.1, 0.15) is 5.56 Å². The van der Waals surface area contributed by atoms with Gasteiger partial charge in [-0.15, -0.1) is 0 Å². The Labute approximate surface area is 161 Å². The van der Waals surface area contributed by atoms with E-state index in [2.05, 4.69) is 0 Å². The van der Waals surface area contributed by atoms with Gasteiger partial charge in [0.15, 0.2) is 0 Å². The van der Waals surface area contributed by atoms with Crippen LogP contribution in [0.5, 0.6) is 0 Å². The summed E-state index contributed by atoms with van der Waals surface area (Å²) in [5.74, 6) is 0. The van der Waals surface area contributed by atoms with Crippen molar-refractivity contribution in [3.05, 3.63) is 70.2 Å². The largest absolute Gasteiger partial charge is 0.418 e. The quantitative estimate of drug-likeness (QED) is 0.478. The van der Waals surface area contributed by atoms with Gasteiger partial charge < -0.3 is 5.32 Å². The standard InChI is InChI=1S/C13H5Cl2F3N4O6/c14-7-4-10(21(25)26)8(15)3-9(7)19-12-6(13(16,17)18)1-5(20(23)24)2-11(12)22(27)28/h1-4,19H. The molecule has 15 heteroatoms. The highest BCUT2D eigenvalue weighted by molar-refractivity contribution is 6.36. The van der Waals surface area contributed by atoms with Crippen LogP contribution < -0.4 is 5.32 Å². The van der Waals surface area contributed by atoms with Crippen molar-refractivity contribution in [2.24, 2.45) is 0 Å². The normalized spacial score (nSPS) is 11.2. The zero-order valence-corrected chi connectivity index (χ0v) is 14.5. The first kappa shape index (κ1) is 21.1. The fourth-order valence-corrected chi connectivity index (χ4v) is 2.56. The van der Waals surface area contributed by atoms with Gasteiger partial charge in [-0.1, -0.05) is 23.2 Å². The second-order valence-electron chi connectivity index (χ2n) is 5.07. The van der Waals surface area contributed by atoms with Gasteiger partial charge in [-0.25, -0.2) is 0 Å². The van der Waals surface area contributed by atoms with E-state index in [9.17, 15) is 43.5 Å². The molecule has 0 aliphatic rings. The average Bonchev–Trinajstić information content (AvgIpc) is 2.56. The van der Waals surface area contributed by atoms with Crippen molar-refractivity contribution in [1.82, 2.24) is 0 Å². The van der Waals surface area contributed by atoms with Crippen LogP contribution in [0.25, 0.3) is 0 Å². The first-order valence-corrected chi connectivity index (χ1v) is 7.53. The molecule has 0 heterocycles. The van der Waals surface area contributed by atoms with E-state index in [1.165, 1.54) is 0 Å². The zero-order valence-electron chi connectivity index (χ0n) is 13.0. The summed E-state index contributed by atoms with van der Waals surface area (Å²) < 4.78 is 40.1. The predicted octanol–water partition coefficient (Wildman–Crippen LogP) is 5.48. The maximum atomic E-state index is 13.4. The van der Waals surface area contributed by atoms with E-state index >= 15 is 0 Å². The Balaban J connectivity index is 2.74. The highest BCUT2D eigenvalue weighted by atomic mass is 35.5. The lowest BCUT2D eigenvalue weighted by Crippen LogP contribution is -2.12. The molecule has 0 radical (unpaired) electrons. The van der Waals surface area contributed by atoms with E-state index in [-0.39, 0.29) is 6.07 Å². The van der Waals surface area contributed by atoms with Crippen molar-refractivity contribution in [1.29, 1.82) is 0 Å². The van der Waals surface area contributed by atoms with Gasteiger partial charge in [0.2, 0.25) is 0 Å². The molecule has 1 N–H and O–H groups in total. The molecule has 2 aromatic rings. The number of non-ortho nitro benzene ring substituents is 1. The Hall–Kier alpha value is -3.19. The molecule has 0 aromatic heterocycles. The van der Waals surface area contributed by atoms with E-state index in [1.54, 1.807) is 0 Å². The minimum atomic E-state index is -5.21. The Bertz CT molecular complexity index is 1010. The lowest BCUT2D eigenvalue weighted by Gasteiger charge is -2.15. The molecule has 28 heavy (non-hydrogen) atoms. The van der Waals surface area contributed by atoms with Gasteiger partial charge in [-0.05, 0) is 6.07 Å². The number of nitro benzene ring substituents is 3. The molecule has 2 rings (SSSR count). The lowest BCUT2D eigenvalue weighted by molar-refractivity contribution is -0.394. The Morgan fingerprint density at radius 1 is 0.821 bits per heavy atom. The summed E-state index contributed by atoms with van der Waals surface area (Å²) in [6.07, 6.45) is -5.21. The first-order valence-electron chi connectivity index (χ1n) is 6.77. The number of nitro groups is 3. The molecular weight excluding hydrogens is 436 g/mol. The van der Waals surface area contributed by atoms with Crippen molar-refractivity contribution in [3.8, 4) is 0 Å². The molecule has 0 saturated carbocycles. The van der Waals surface area contributed by atoms with Gasteiger partial charge in [0.05, 0.1) is 37.1 Å². The lowest BCUT2D eigenvalue weighted by atomic mass is 10.1. The molecule has 0 saturated heterocycles. The van der Waals surface area contributed by atoms with Crippen LogP contribution in [0.4, 0.5) is 41.6 Å². The molecule has 0 unspecified atom stereocenters. The van der Waals surface area contributed by atoms with Gasteiger partial charge >= 0.3 is 6.18 Å². The third-order valence-corrected chi connectivity index (χ3v) is 3.92. The number of benzene rings is 2. The summed E-state index contributed by atoms with van der Waals surface area (Å²) in [5, 5.41) is 33.9. The number of hydrogen-bond donors (Lipinski definition) is 1. The summed E-state index contributed by atoms with van der Waals surface area (Å²) in [6.45, 7) is 0. The molecular formula is C13H5Cl2F3N4O6. The van der Waals surface area contributed by atoms with E-state index in [1.807, 2.05) is 5.32 Å². The first-order chi connectivity index (χ1) is 12.8. The minimum absolute atomic E-state index is 0.107. The summed E-state index contributed by atoms with van der Waals surface area (Å²) >= 11 is 11.5. The van der Waals surface area contributed by atoms with Crippen LogP contribution in [-0.4, -0.2) is 14.8 Å². The second-order valence-corrected chi connectivity index (χ2v) is 5.88. The van der Waals surface area contributed by atoms with Crippen molar-refractivity contribution in [2.75, 3.05) is 5.32 Å². The van der Waals surface area contributed by atoms with Crippen LogP contribution in [0.15, 0.2) is 24.3 Å². The van der Waals surface area contributed by atoms with Gasteiger partial charge in [-0.2, -0.15) is 13.2 Å². The molecule has 0 spiro atoms. The molecule has 10 nitrogen and oxygen atoms in total.